The fourth-order valence-electron chi connectivity index (χ4n) is 3.39. The van der Waals surface area contributed by atoms with Crippen molar-refractivity contribution in [2.75, 3.05) is 0 Å². The largest absolute Gasteiger partial charge is 0.366 e. The Bertz CT molecular complexity index is 619. The predicted molar refractivity (Wildman–Crippen MR) is 71.7 cm³/mol. The summed E-state index contributed by atoms with van der Waals surface area (Å²) in [6.45, 7) is 0. The fraction of sp³-hybridized carbons (Fsp3) is 0.333. The highest BCUT2D eigenvalue weighted by Crippen LogP contribution is 2.52. The quantitative estimate of drug-likeness (QED) is 0.805. The first kappa shape index (κ1) is 12.0. The van der Waals surface area contributed by atoms with Crippen LogP contribution in [0.5, 0.6) is 0 Å². The van der Waals surface area contributed by atoms with Gasteiger partial charge in [0.15, 0.2) is 0 Å². The second kappa shape index (κ2) is 3.95. The van der Waals surface area contributed by atoms with Crippen LogP contribution in [0.4, 0.5) is 0 Å². The first-order chi connectivity index (χ1) is 9.02. The van der Waals surface area contributed by atoms with Gasteiger partial charge in [-0.2, -0.15) is 0 Å². The number of primary amides is 2. The highest BCUT2D eigenvalue weighted by Gasteiger charge is 2.43. The maximum Gasteiger partial charge on any atom is 0.248 e. The summed E-state index contributed by atoms with van der Waals surface area (Å²) in [6, 6.07) is 4.95. The standard InChI is InChI=1S/C15H16N2O2/c16-13(18)10-1-2-11(14(17)19)12(7-10)15-5-3-9(8-15)4-6-15/h1-3,7H,4-6,8H2,(H2,16,18)(H2,17,19). The minimum Gasteiger partial charge on any atom is -0.366 e. The number of allylic oxidation sites excluding steroid dienone is 2. The van der Waals surface area contributed by atoms with Gasteiger partial charge in [0.2, 0.25) is 11.8 Å². The molecule has 1 saturated carbocycles. The molecule has 3 rings (SSSR count). The van der Waals surface area contributed by atoms with Crippen LogP contribution in [0.1, 0.15) is 52.0 Å². The van der Waals surface area contributed by atoms with Gasteiger partial charge in [0.05, 0.1) is 0 Å². The van der Waals surface area contributed by atoms with Crippen LogP contribution in [0.15, 0.2) is 29.8 Å². The number of carbonyl (C=O) groups is 2. The van der Waals surface area contributed by atoms with E-state index >= 15 is 0 Å². The zero-order chi connectivity index (χ0) is 13.6. The van der Waals surface area contributed by atoms with Crippen molar-refractivity contribution in [3.8, 4) is 0 Å². The Morgan fingerprint density at radius 3 is 2.42 bits per heavy atom. The van der Waals surface area contributed by atoms with Crippen molar-refractivity contribution in [1.29, 1.82) is 0 Å². The van der Waals surface area contributed by atoms with Crippen molar-refractivity contribution in [2.45, 2.75) is 31.1 Å². The van der Waals surface area contributed by atoms with Gasteiger partial charge in [-0.25, -0.2) is 0 Å². The molecular formula is C15H16N2O2. The highest BCUT2D eigenvalue weighted by atomic mass is 16.1. The summed E-state index contributed by atoms with van der Waals surface area (Å²) < 4.78 is 0. The minimum atomic E-state index is -0.474. The number of rotatable bonds is 3. The van der Waals surface area contributed by atoms with E-state index in [0.29, 0.717) is 11.1 Å². The SMILES string of the molecule is NC(=O)c1ccc(C(N)=O)c(C23CC=C(CC2)C3)c1. The fourth-order valence-corrected chi connectivity index (χ4v) is 3.39. The van der Waals surface area contributed by atoms with E-state index in [2.05, 4.69) is 6.08 Å². The molecule has 0 aliphatic heterocycles. The maximum atomic E-state index is 11.6. The molecule has 1 unspecified atom stereocenters. The summed E-state index contributed by atoms with van der Waals surface area (Å²) in [5.74, 6) is -0.918. The van der Waals surface area contributed by atoms with E-state index < -0.39 is 11.8 Å². The molecular weight excluding hydrogens is 240 g/mol. The lowest BCUT2D eigenvalue weighted by Crippen LogP contribution is -2.26. The molecule has 1 atom stereocenters. The minimum absolute atomic E-state index is 0.0504. The lowest BCUT2D eigenvalue weighted by Gasteiger charge is -2.28. The number of amides is 2. The molecule has 19 heavy (non-hydrogen) atoms. The Kier molecular flexibility index (Phi) is 2.49. The molecule has 4 heteroatoms. The van der Waals surface area contributed by atoms with E-state index in [1.54, 1.807) is 18.2 Å². The average molecular weight is 256 g/mol. The van der Waals surface area contributed by atoms with Crippen LogP contribution in [0.25, 0.3) is 0 Å². The molecule has 0 spiro atoms. The predicted octanol–water partition coefficient (Wildman–Crippen LogP) is 1.64. The Morgan fingerprint density at radius 1 is 1.16 bits per heavy atom. The van der Waals surface area contributed by atoms with E-state index in [4.69, 9.17) is 11.5 Å². The molecule has 4 nitrogen and oxygen atoms in total. The lowest BCUT2D eigenvalue weighted by molar-refractivity contribution is 0.0986. The number of nitrogens with two attached hydrogens (primary N) is 2. The molecule has 0 heterocycles. The van der Waals surface area contributed by atoms with E-state index in [9.17, 15) is 9.59 Å². The topological polar surface area (TPSA) is 86.2 Å². The average Bonchev–Trinajstić information content (AvgIpc) is 2.99. The molecule has 98 valence electrons. The molecule has 2 amide bonds. The third-order valence-corrected chi connectivity index (χ3v) is 4.41. The smallest absolute Gasteiger partial charge is 0.248 e. The zero-order valence-corrected chi connectivity index (χ0v) is 10.6. The van der Waals surface area contributed by atoms with Gasteiger partial charge >= 0.3 is 0 Å². The van der Waals surface area contributed by atoms with E-state index in [0.717, 1.165) is 31.2 Å². The molecule has 2 aliphatic rings. The van der Waals surface area contributed by atoms with E-state index in [1.807, 2.05) is 0 Å². The van der Waals surface area contributed by atoms with Crippen molar-refractivity contribution in [1.82, 2.24) is 0 Å². The zero-order valence-electron chi connectivity index (χ0n) is 10.6. The summed E-state index contributed by atoms with van der Waals surface area (Å²) in [4.78, 5) is 23.0. The molecule has 4 N–H and O–H groups in total. The molecule has 0 saturated heterocycles. The summed E-state index contributed by atoms with van der Waals surface area (Å²) in [6.07, 6.45) is 6.21. The molecule has 2 bridgehead atoms. The van der Waals surface area contributed by atoms with Crippen LogP contribution in [0, 0.1) is 0 Å². The highest BCUT2D eigenvalue weighted by molar-refractivity contribution is 5.98. The third kappa shape index (κ3) is 1.75. The van der Waals surface area contributed by atoms with Gasteiger partial charge in [-0.15, -0.1) is 0 Å². The Morgan fingerprint density at radius 2 is 1.95 bits per heavy atom. The molecule has 2 aliphatic carbocycles. The number of carbonyl (C=O) groups excluding carboxylic acids is 2. The first-order valence-corrected chi connectivity index (χ1v) is 6.44. The molecule has 1 aromatic rings. The van der Waals surface area contributed by atoms with Crippen molar-refractivity contribution in [3.05, 3.63) is 46.5 Å². The van der Waals surface area contributed by atoms with Gasteiger partial charge < -0.3 is 11.5 Å². The van der Waals surface area contributed by atoms with Gasteiger partial charge in [-0.1, -0.05) is 11.6 Å². The number of fused-ring (bicyclic) bond motifs is 2. The van der Waals surface area contributed by atoms with Gasteiger partial charge in [0, 0.05) is 16.5 Å². The van der Waals surface area contributed by atoms with Crippen molar-refractivity contribution < 1.29 is 9.59 Å². The van der Waals surface area contributed by atoms with Crippen LogP contribution < -0.4 is 11.5 Å². The van der Waals surface area contributed by atoms with Gasteiger partial charge in [-0.05, 0) is 49.4 Å². The number of benzene rings is 1. The van der Waals surface area contributed by atoms with Crippen LogP contribution in [-0.2, 0) is 5.41 Å². The van der Waals surface area contributed by atoms with Crippen molar-refractivity contribution >= 4 is 11.8 Å². The third-order valence-electron chi connectivity index (χ3n) is 4.41. The number of hydrogen-bond donors (Lipinski definition) is 2. The van der Waals surface area contributed by atoms with Crippen LogP contribution in [0.2, 0.25) is 0 Å². The normalized spacial score (nSPS) is 24.3. The second-order valence-electron chi connectivity index (χ2n) is 5.51. The maximum absolute atomic E-state index is 11.6. The molecule has 1 fully saturated rings. The van der Waals surface area contributed by atoms with Crippen molar-refractivity contribution in [3.63, 3.8) is 0 Å². The molecule has 1 aromatic carbocycles. The van der Waals surface area contributed by atoms with Gasteiger partial charge in [0.25, 0.3) is 0 Å². The monoisotopic (exact) mass is 256 g/mol. The Hall–Kier alpha value is -2.10. The summed E-state index contributed by atoms with van der Waals surface area (Å²) >= 11 is 0. The number of hydrogen-bond acceptors (Lipinski definition) is 2. The second-order valence-corrected chi connectivity index (χ2v) is 5.51. The Labute approximate surface area is 111 Å². The van der Waals surface area contributed by atoms with E-state index in [1.165, 1.54) is 5.57 Å². The summed E-state index contributed by atoms with van der Waals surface area (Å²) in [7, 11) is 0. The summed E-state index contributed by atoms with van der Waals surface area (Å²) in [5, 5.41) is 0. The van der Waals surface area contributed by atoms with E-state index in [-0.39, 0.29) is 5.41 Å². The van der Waals surface area contributed by atoms with Gasteiger partial charge in [-0.3, -0.25) is 9.59 Å². The molecule has 0 radical (unpaired) electrons. The first-order valence-electron chi connectivity index (χ1n) is 6.44. The Balaban J connectivity index is 2.15. The van der Waals surface area contributed by atoms with Crippen LogP contribution in [0.3, 0.4) is 0 Å². The summed E-state index contributed by atoms with van der Waals surface area (Å²) in [5.41, 5.74) is 14.0. The molecule has 0 aromatic heterocycles. The van der Waals surface area contributed by atoms with Gasteiger partial charge in [0.1, 0.15) is 0 Å². The van der Waals surface area contributed by atoms with Crippen molar-refractivity contribution in [2.24, 2.45) is 11.5 Å². The van der Waals surface area contributed by atoms with Crippen LogP contribution in [-0.4, -0.2) is 11.8 Å². The lowest BCUT2D eigenvalue weighted by atomic mass is 9.75. The van der Waals surface area contributed by atoms with Crippen LogP contribution >= 0.6 is 0 Å².